The van der Waals surface area contributed by atoms with Gasteiger partial charge in [0, 0.05) is 12.8 Å². The van der Waals surface area contributed by atoms with Crippen LogP contribution >= 0.6 is 0 Å². The molecule has 3 fully saturated rings. The maximum atomic E-state index is 12.8. The average molecular weight is 681 g/mol. The van der Waals surface area contributed by atoms with Gasteiger partial charge in [-0.05, 0) is 117 Å². The van der Waals surface area contributed by atoms with E-state index < -0.39 is 0 Å². The Morgan fingerprint density at radius 1 is 0.898 bits per heavy atom. The molecule has 0 spiro atoms. The van der Waals surface area contributed by atoms with Gasteiger partial charge in [-0.2, -0.15) is 0 Å². The molecule has 0 bridgehead atoms. The van der Waals surface area contributed by atoms with Crippen LogP contribution in [0, 0.1) is 46.3 Å². The van der Waals surface area contributed by atoms with Crippen LogP contribution in [0.4, 0.5) is 0 Å². The molecule has 280 valence electrons. The van der Waals surface area contributed by atoms with Crippen molar-refractivity contribution in [2.75, 3.05) is 0 Å². The Bertz CT molecular complexity index is 1070. The zero-order chi connectivity index (χ0) is 35.3. The molecule has 49 heavy (non-hydrogen) atoms. The van der Waals surface area contributed by atoms with Crippen LogP contribution in [0.2, 0.25) is 0 Å². The summed E-state index contributed by atoms with van der Waals surface area (Å²) in [5.41, 5.74) is 2.47. The highest BCUT2D eigenvalue weighted by Gasteiger charge is 2.59. The number of carbonyl (C=O) groups is 1. The van der Waals surface area contributed by atoms with Gasteiger partial charge < -0.3 is 4.74 Å². The van der Waals surface area contributed by atoms with Crippen molar-refractivity contribution in [3.8, 4) is 0 Å². The Morgan fingerprint density at radius 3 is 2.47 bits per heavy atom. The lowest BCUT2D eigenvalue weighted by atomic mass is 9.47. The van der Waals surface area contributed by atoms with Crippen LogP contribution in [0.5, 0.6) is 0 Å². The number of allylic oxidation sites excluding steroid dienone is 4. The molecule has 1 unspecified atom stereocenters. The van der Waals surface area contributed by atoms with E-state index in [9.17, 15) is 4.79 Å². The van der Waals surface area contributed by atoms with Crippen molar-refractivity contribution in [3.05, 3.63) is 36.0 Å². The van der Waals surface area contributed by atoms with Gasteiger partial charge in [0.05, 0.1) is 0 Å². The summed E-state index contributed by atoms with van der Waals surface area (Å²) in [7, 11) is 0. The fraction of sp³-hybridized carbons (Fsp3) is 0.844. The van der Waals surface area contributed by atoms with Gasteiger partial charge in [-0.25, -0.2) is 4.89 Å². The number of ether oxygens (including phenoxy) is 1. The lowest BCUT2D eigenvalue weighted by molar-refractivity contribution is -0.267. The molecule has 4 heteroatoms. The summed E-state index contributed by atoms with van der Waals surface area (Å²) in [6, 6.07) is 0. The van der Waals surface area contributed by atoms with Gasteiger partial charge in [0.25, 0.3) is 0 Å². The molecule has 4 aliphatic carbocycles. The number of unbranched alkanes of at least 4 members (excludes halogenated alkanes) is 7. The average Bonchev–Trinajstić information content (AvgIpc) is 3.43. The van der Waals surface area contributed by atoms with Crippen LogP contribution in [0.3, 0.4) is 0 Å². The van der Waals surface area contributed by atoms with Crippen LogP contribution in [0.25, 0.3) is 0 Å². The van der Waals surface area contributed by atoms with E-state index in [0.717, 1.165) is 80.5 Å². The SMILES string of the molecule is CCCCCC(/C=C/C=C\CCCCCCCC(=O)O[C@H]1CC[C@@]2(C)C(=CC[C@H]3[C@@H]4CC[C@H]([C@H](C)CCCC(C)C)[C@@]4(C)CC[C@@H]32)C1)OO. The van der Waals surface area contributed by atoms with Gasteiger partial charge in [-0.3, -0.25) is 10.1 Å². The van der Waals surface area contributed by atoms with E-state index in [1.165, 1.54) is 89.9 Å². The molecule has 9 atom stereocenters. The smallest absolute Gasteiger partial charge is 0.306 e. The number of hydrogen-bond donors (Lipinski definition) is 1. The summed E-state index contributed by atoms with van der Waals surface area (Å²) in [5, 5.41) is 9.04. The van der Waals surface area contributed by atoms with Gasteiger partial charge in [0.2, 0.25) is 0 Å². The third-order valence-corrected chi connectivity index (χ3v) is 14.1. The standard InChI is InChI=1S/C45H76O4/c1-7-8-16-22-37(49-47)23-17-14-12-10-9-11-13-15-18-24-43(46)48-38-29-31-44(5)36(33-38)25-26-39-41-28-27-40(35(4)21-19-20-34(2)3)45(41,6)32-30-42(39)44/h12,14,17,23,25,34-35,37-42,47H,7-11,13,15-16,18-22,24,26-33H2,1-6H3/b14-12-,23-17+/t35-,37?,38+,39+,40-,41+,42+,44+,45-/m1/s1. The summed E-state index contributed by atoms with van der Waals surface area (Å²) in [5.74, 6) is 5.19. The molecule has 4 nitrogen and oxygen atoms in total. The van der Waals surface area contributed by atoms with E-state index in [1.54, 1.807) is 5.57 Å². The van der Waals surface area contributed by atoms with Crippen molar-refractivity contribution in [3.63, 3.8) is 0 Å². The highest BCUT2D eigenvalue weighted by atomic mass is 17.1. The van der Waals surface area contributed by atoms with Crippen molar-refractivity contribution in [2.24, 2.45) is 46.3 Å². The van der Waals surface area contributed by atoms with Crippen LogP contribution in [-0.2, 0) is 14.4 Å². The largest absolute Gasteiger partial charge is 0.462 e. The third-order valence-electron chi connectivity index (χ3n) is 14.1. The highest BCUT2D eigenvalue weighted by Crippen LogP contribution is 2.67. The van der Waals surface area contributed by atoms with Crippen LogP contribution in [0.1, 0.15) is 183 Å². The minimum Gasteiger partial charge on any atom is -0.462 e. The molecule has 0 aromatic heterocycles. The third kappa shape index (κ3) is 11.1. The zero-order valence-corrected chi connectivity index (χ0v) is 32.7. The number of rotatable bonds is 21. The maximum absolute atomic E-state index is 12.8. The van der Waals surface area contributed by atoms with E-state index in [1.807, 2.05) is 12.2 Å². The van der Waals surface area contributed by atoms with Gasteiger partial charge in [0.15, 0.2) is 0 Å². The Morgan fingerprint density at radius 2 is 1.69 bits per heavy atom. The van der Waals surface area contributed by atoms with E-state index in [4.69, 9.17) is 9.99 Å². The summed E-state index contributed by atoms with van der Waals surface area (Å²) in [4.78, 5) is 17.4. The first-order valence-electron chi connectivity index (χ1n) is 21.1. The monoisotopic (exact) mass is 681 g/mol. The Labute approximate surface area is 302 Å². The number of carbonyl (C=O) groups excluding carboxylic acids is 1. The number of esters is 1. The van der Waals surface area contributed by atoms with E-state index in [2.05, 4.69) is 64.7 Å². The van der Waals surface area contributed by atoms with E-state index in [-0.39, 0.29) is 18.2 Å². The second-order valence-corrected chi connectivity index (χ2v) is 17.9. The number of hydrogen-bond acceptors (Lipinski definition) is 4. The maximum Gasteiger partial charge on any atom is 0.306 e. The topological polar surface area (TPSA) is 55.8 Å². The lowest BCUT2D eigenvalue weighted by Gasteiger charge is -2.58. The van der Waals surface area contributed by atoms with Crippen molar-refractivity contribution < 1.29 is 19.7 Å². The first kappa shape index (κ1) is 40.4. The molecule has 0 aromatic carbocycles. The summed E-state index contributed by atoms with van der Waals surface area (Å²) in [6.07, 6.45) is 36.5. The molecule has 0 aromatic rings. The molecule has 0 saturated heterocycles. The Balaban J connectivity index is 1.12. The first-order valence-corrected chi connectivity index (χ1v) is 21.1. The fourth-order valence-corrected chi connectivity index (χ4v) is 11.2. The van der Waals surface area contributed by atoms with Gasteiger partial charge in [0.1, 0.15) is 12.2 Å². The van der Waals surface area contributed by atoms with Crippen molar-refractivity contribution >= 4 is 5.97 Å². The van der Waals surface area contributed by atoms with Gasteiger partial charge >= 0.3 is 5.97 Å². The van der Waals surface area contributed by atoms with Crippen molar-refractivity contribution in [1.82, 2.24) is 0 Å². The second-order valence-electron chi connectivity index (χ2n) is 17.9. The molecule has 0 aliphatic heterocycles. The normalized spacial score (nSPS) is 32.6. The molecular formula is C45H76O4. The zero-order valence-electron chi connectivity index (χ0n) is 32.7. The van der Waals surface area contributed by atoms with E-state index >= 15 is 0 Å². The lowest BCUT2D eigenvalue weighted by Crippen LogP contribution is -2.51. The highest BCUT2D eigenvalue weighted by molar-refractivity contribution is 5.69. The van der Waals surface area contributed by atoms with Crippen LogP contribution in [0.15, 0.2) is 36.0 Å². The number of fused-ring (bicyclic) bond motifs is 5. The summed E-state index contributed by atoms with van der Waals surface area (Å²) >= 11 is 0. The molecule has 0 heterocycles. The molecular weight excluding hydrogens is 604 g/mol. The van der Waals surface area contributed by atoms with Crippen molar-refractivity contribution in [1.29, 1.82) is 0 Å². The first-order chi connectivity index (χ1) is 23.6. The predicted octanol–water partition coefficient (Wildman–Crippen LogP) is 13.2. The summed E-state index contributed by atoms with van der Waals surface area (Å²) < 4.78 is 6.11. The summed E-state index contributed by atoms with van der Waals surface area (Å²) in [6.45, 7) is 14.8. The Kier molecular flexibility index (Phi) is 16.5. The van der Waals surface area contributed by atoms with Crippen LogP contribution in [-0.4, -0.2) is 23.4 Å². The van der Waals surface area contributed by atoms with Crippen LogP contribution < -0.4 is 0 Å². The molecule has 1 N–H and O–H groups in total. The minimum absolute atomic E-state index is 0.0189. The van der Waals surface area contributed by atoms with E-state index in [0.29, 0.717) is 17.3 Å². The van der Waals surface area contributed by atoms with Gasteiger partial charge in [-0.15, -0.1) is 0 Å². The molecule has 0 radical (unpaired) electrons. The molecule has 4 rings (SSSR count). The fourth-order valence-electron chi connectivity index (χ4n) is 11.2. The second kappa shape index (κ2) is 20.0. The molecule has 3 saturated carbocycles. The molecule has 4 aliphatic rings. The predicted molar refractivity (Wildman–Crippen MR) is 205 cm³/mol. The quantitative estimate of drug-likeness (QED) is 0.0327. The van der Waals surface area contributed by atoms with Gasteiger partial charge in [-0.1, -0.05) is 135 Å². The molecule has 0 amide bonds. The minimum atomic E-state index is -0.204. The van der Waals surface area contributed by atoms with Crippen molar-refractivity contribution in [2.45, 2.75) is 195 Å². The Hall–Kier alpha value is -1.39.